The van der Waals surface area contributed by atoms with E-state index >= 15 is 0 Å². The Morgan fingerprint density at radius 3 is 2.76 bits per heavy atom. The molecule has 1 saturated heterocycles. The van der Waals surface area contributed by atoms with Gasteiger partial charge in [-0.1, -0.05) is 17.7 Å². The fraction of sp³-hybridized carbons (Fsp3) is 0.571. The van der Waals surface area contributed by atoms with Crippen LogP contribution in [-0.2, 0) is 10.0 Å². The van der Waals surface area contributed by atoms with Crippen LogP contribution in [0.25, 0.3) is 0 Å². The maximum absolute atomic E-state index is 12.4. The summed E-state index contributed by atoms with van der Waals surface area (Å²) in [6.07, 6.45) is 3.61. The number of rotatable bonds is 5. The molecule has 3 rings (SSSR count). The SMILES string of the molecule is Nc1cccc(Cl)c1S(=O)(=O)NCC1CCN(C2CC2)C1. The average molecular weight is 330 g/mol. The van der Waals surface area contributed by atoms with Gasteiger partial charge in [0, 0.05) is 19.1 Å². The highest BCUT2D eigenvalue weighted by Gasteiger charge is 2.34. The van der Waals surface area contributed by atoms with E-state index in [0.29, 0.717) is 12.5 Å². The standard InChI is InChI=1S/C14H20ClN3O2S/c15-12-2-1-3-13(16)14(12)21(19,20)17-8-10-6-7-18(9-10)11-4-5-11/h1-3,10-11,17H,4-9,16H2. The third-order valence-electron chi connectivity index (χ3n) is 4.21. The summed E-state index contributed by atoms with van der Waals surface area (Å²) in [5, 5.41) is 0.161. The lowest BCUT2D eigenvalue weighted by Gasteiger charge is -2.16. The van der Waals surface area contributed by atoms with Crippen molar-refractivity contribution in [3.05, 3.63) is 23.2 Å². The number of likely N-dealkylation sites (tertiary alicyclic amines) is 1. The Balaban J connectivity index is 1.64. The highest BCUT2D eigenvalue weighted by molar-refractivity contribution is 7.89. The molecule has 1 aliphatic carbocycles. The minimum atomic E-state index is -3.66. The summed E-state index contributed by atoms with van der Waals surface area (Å²) in [7, 11) is -3.66. The van der Waals surface area contributed by atoms with Gasteiger partial charge >= 0.3 is 0 Å². The van der Waals surface area contributed by atoms with Crippen molar-refractivity contribution >= 4 is 27.3 Å². The summed E-state index contributed by atoms with van der Waals surface area (Å²) in [6.45, 7) is 2.49. The molecule has 2 aliphatic rings. The molecule has 1 atom stereocenters. The third kappa shape index (κ3) is 3.34. The summed E-state index contributed by atoms with van der Waals surface area (Å²) in [4.78, 5) is 2.45. The van der Waals surface area contributed by atoms with Crippen LogP contribution in [0.3, 0.4) is 0 Å². The highest BCUT2D eigenvalue weighted by Crippen LogP contribution is 2.32. The molecule has 2 fully saturated rings. The van der Waals surface area contributed by atoms with Crippen molar-refractivity contribution in [3.8, 4) is 0 Å². The van der Waals surface area contributed by atoms with E-state index < -0.39 is 10.0 Å². The lowest BCUT2D eigenvalue weighted by Crippen LogP contribution is -2.32. The number of hydrogen-bond acceptors (Lipinski definition) is 4. The Hall–Kier alpha value is -0.820. The number of nitrogen functional groups attached to an aromatic ring is 1. The molecular weight excluding hydrogens is 310 g/mol. The van der Waals surface area contributed by atoms with Gasteiger partial charge in [0.1, 0.15) is 4.90 Å². The first-order valence-electron chi connectivity index (χ1n) is 7.25. The van der Waals surface area contributed by atoms with Crippen LogP contribution in [0.1, 0.15) is 19.3 Å². The van der Waals surface area contributed by atoms with Gasteiger partial charge < -0.3 is 10.6 Å². The van der Waals surface area contributed by atoms with Crippen molar-refractivity contribution in [2.24, 2.45) is 5.92 Å². The summed E-state index contributed by atoms with van der Waals surface area (Å²) in [5.74, 6) is 0.365. The number of nitrogens with one attached hydrogen (secondary N) is 1. The first kappa shape index (κ1) is 15.1. The molecule has 0 radical (unpaired) electrons. The van der Waals surface area contributed by atoms with Crippen molar-refractivity contribution in [1.29, 1.82) is 0 Å². The van der Waals surface area contributed by atoms with Gasteiger partial charge in [-0.15, -0.1) is 0 Å². The fourth-order valence-corrected chi connectivity index (χ4v) is 4.70. The van der Waals surface area contributed by atoms with E-state index in [2.05, 4.69) is 9.62 Å². The summed E-state index contributed by atoms with van der Waals surface area (Å²) in [5.41, 5.74) is 5.93. The van der Waals surface area contributed by atoms with Crippen molar-refractivity contribution in [1.82, 2.24) is 9.62 Å². The second kappa shape index (κ2) is 5.76. The van der Waals surface area contributed by atoms with Crippen molar-refractivity contribution in [2.45, 2.75) is 30.2 Å². The second-order valence-corrected chi connectivity index (χ2v) is 8.00. The molecule has 116 valence electrons. The minimum absolute atomic E-state index is 0.0105. The average Bonchev–Trinajstić information content (AvgIpc) is 3.15. The van der Waals surface area contributed by atoms with E-state index in [-0.39, 0.29) is 15.6 Å². The number of nitrogens with zero attached hydrogens (tertiary/aromatic N) is 1. The van der Waals surface area contributed by atoms with Gasteiger partial charge in [0.2, 0.25) is 10.0 Å². The first-order chi connectivity index (χ1) is 9.97. The zero-order valence-corrected chi connectivity index (χ0v) is 13.3. The van der Waals surface area contributed by atoms with Crippen molar-refractivity contribution in [3.63, 3.8) is 0 Å². The monoisotopic (exact) mass is 329 g/mol. The van der Waals surface area contributed by atoms with Crippen LogP contribution in [0, 0.1) is 5.92 Å². The number of sulfonamides is 1. The van der Waals surface area contributed by atoms with Gasteiger partial charge in [0.25, 0.3) is 0 Å². The normalized spacial score (nSPS) is 23.6. The molecule has 21 heavy (non-hydrogen) atoms. The van der Waals surface area contributed by atoms with E-state index in [1.165, 1.54) is 18.9 Å². The number of anilines is 1. The van der Waals surface area contributed by atoms with Gasteiger partial charge in [0.15, 0.2) is 0 Å². The zero-order chi connectivity index (χ0) is 15.0. The molecule has 1 aliphatic heterocycles. The lowest BCUT2D eigenvalue weighted by molar-refractivity contribution is 0.314. The number of halogens is 1. The van der Waals surface area contributed by atoms with E-state index in [1.54, 1.807) is 12.1 Å². The Morgan fingerprint density at radius 1 is 1.33 bits per heavy atom. The van der Waals surface area contributed by atoms with Crippen molar-refractivity contribution in [2.75, 3.05) is 25.4 Å². The van der Waals surface area contributed by atoms with Gasteiger partial charge in [0.05, 0.1) is 10.7 Å². The summed E-state index contributed by atoms with van der Waals surface area (Å²) in [6, 6.07) is 5.47. The Kier molecular flexibility index (Phi) is 4.14. The topological polar surface area (TPSA) is 75.4 Å². The summed E-state index contributed by atoms with van der Waals surface area (Å²) >= 11 is 5.98. The largest absolute Gasteiger partial charge is 0.398 e. The molecule has 3 N–H and O–H groups in total. The smallest absolute Gasteiger partial charge is 0.244 e. The van der Waals surface area contributed by atoms with Crippen LogP contribution in [0.4, 0.5) is 5.69 Å². The Morgan fingerprint density at radius 2 is 2.10 bits per heavy atom. The fourth-order valence-electron chi connectivity index (χ4n) is 2.91. The van der Waals surface area contributed by atoms with E-state index in [0.717, 1.165) is 25.6 Å². The predicted octanol–water partition coefficient (Wildman–Crippen LogP) is 1.68. The molecular formula is C14H20ClN3O2S. The maximum Gasteiger partial charge on any atom is 0.244 e. The van der Waals surface area contributed by atoms with Gasteiger partial charge in [-0.05, 0) is 43.9 Å². The Bertz CT molecular complexity index is 611. The van der Waals surface area contributed by atoms with Crippen LogP contribution < -0.4 is 10.5 Å². The van der Waals surface area contributed by atoms with Gasteiger partial charge in [-0.2, -0.15) is 0 Å². The zero-order valence-electron chi connectivity index (χ0n) is 11.8. The van der Waals surface area contributed by atoms with Gasteiger partial charge in [-0.3, -0.25) is 0 Å². The van der Waals surface area contributed by atoms with E-state index in [1.807, 2.05) is 0 Å². The highest BCUT2D eigenvalue weighted by atomic mass is 35.5. The molecule has 1 unspecified atom stereocenters. The number of benzene rings is 1. The third-order valence-corrected chi connectivity index (χ3v) is 6.18. The lowest BCUT2D eigenvalue weighted by atomic mass is 10.1. The molecule has 1 heterocycles. The maximum atomic E-state index is 12.4. The van der Waals surface area contributed by atoms with E-state index in [9.17, 15) is 8.42 Å². The van der Waals surface area contributed by atoms with E-state index in [4.69, 9.17) is 17.3 Å². The molecule has 0 bridgehead atoms. The predicted molar refractivity (Wildman–Crippen MR) is 83.8 cm³/mol. The number of hydrogen-bond donors (Lipinski definition) is 2. The quantitative estimate of drug-likeness (QED) is 0.806. The second-order valence-electron chi connectivity index (χ2n) is 5.89. The van der Waals surface area contributed by atoms with Crippen molar-refractivity contribution < 1.29 is 8.42 Å². The molecule has 0 amide bonds. The number of nitrogens with two attached hydrogens (primary N) is 1. The molecule has 0 aromatic heterocycles. The van der Waals surface area contributed by atoms with Gasteiger partial charge in [-0.25, -0.2) is 13.1 Å². The van der Waals surface area contributed by atoms with Crippen LogP contribution in [-0.4, -0.2) is 39.0 Å². The molecule has 1 saturated carbocycles. The first-order valence-corrected chi connectivity index (χ1v) is 9.11. The molecule has 7 heteroatoms. The molecule has 1 aromatic carbocycles. The van der Waals surface area contributed by atoms with Crippen LogP contribution >= 0.6 is 11.6 Å². The van der Waals surface area contributed by atoms with Crippen LogP contribution in [0.15, 0.2) is 23.1 Å². The summed E-state index contributed by atoms with van der Waals surface area (Å²) < 4.78 is 27.4. The minimum Gasteiger partial charge on any atom is -0.398 e. The van der Waals surface area contributed by atoms with Crippen LogP contribution in [0.5, 0.6) is 0 Å². The molecule has 0 spiro atoms. The molecule has 1 aromatic rings. The Labute approximate surface area is 130 Å². The van der Waals surface area contributed by atoms with Crippen LogP contribution in [0.2, 0.25) is 5.02 Å². The molecule has 5 nitrogen and oxygen atoms in total.